The van der Waals surface area contributed by atoms with Crippen molar-refractivity contribution >= 4 is 12.4 Å². The van der Waals surface area contributed by atoms with Crippen molar-refractivity contribution in [2.75, 3.05) is 0 Å². The van der Waals surface area contributed by atoms with Gasteiger partial charge in [-0.1, -0.05) is 6.07 Å². The molecule has 1 aromatic carbocycles. The molecule has 0 amide bonds. The van der Waals surface area contributed by atoms with Gasteiger partial charge in [-0.2, -0.15) is 0 Å². The normalized spacial score (nSPS) is 19.9. The summed E-state index contributed by atoms with van der Waals surface area (Å²) in [6.45, 7) is 0. The van der Waals surface area contributed by atoms with Gasteiger partial charge >= 0.3 is 0 Å². The summed E-state index contributed by atoms with van der Waals surface area (Å²) < 4.78 is 0. The fourth-order valence-electron chi connectivity index (χ4n) is 1.64. The highest BCUT2D eigenvalue weighted by Gasteiger charge is 2.18. The largest absolute Gasteiger partial charge is 0.508 e. The molecule has 1 atom stereocenters. The molecule has 0 aliphatic heterocycles. The molecular formula is C9H12ClNO. The summed E-state index contributed by atoms with van der Waals surface area (Å²) in [4.78, 5) is 0. The highest BCUT2D eigenvalue weighted by molar-refractivity contribution is 5.85. The molecule has 0 radical (unpaired) electrons. The molecule has 66 valence electrons. The number of hydrogen-bond acceptors (Lipinski definition) is 2. The van der Waals surface area contributed by atoms with E-state index in [1.807, 2.05) is 12.1 Å². The molecule has 0 fully saturated rings. The molecule has 0 saturated carbocycles. The van der Waals surface area contributed by atoms with Gasteiger partial charge in [0.15, 0.2) is 0 Å². The number of rotatable bonds is 0. The van der Waals surface area contributed by atoms with Crippen molar-refractivity contribution in [1.82, 2.24) is 0 Å². The molecule has 0 spiro atoms. The Morgan fingerprint density at radius 2 is 2.17 bits per heavy atom. The van der Waals surface area contributed by atoms with Crippen LogP contribution in [0.5, 0.6) is 5.75 Å². The lowest BCUT2D eigenvalue weighted by Crippen LogP contribution is -2.04. The van der Waals surface area contributed by atoms with E-state index < -0.39 is 0 Å². The summed E-state index contributed by atoms with van der Waals surface area (Å²) in [5.74, 6) is 0.345. The van der Waals surface area contributed by atoms with Gasteiger partial charge in [-0.15, -0.1) is 12.4 Å². The van der Waals surface area contributed by atoms with Crippen LogP contribution in [0.2, 0.25) is 0 Å². The highest BCUT2D eigenvalue weighted by atomic mass is 35.5. The van der Waals surface area contributed by atoms with E-state index in [1.165, 1.54) is 11.1 Å². The van der Waals surface area contributed by atoms with Crippen LogP contribution < -0.4 is 5.73 Å². The van der Waals surface area contributed by atoms with Gasteiger partial charge < -0.3 is 10.8 Å². The van der Waals surface area contributed by atoms with Crippen molar-refractivity contribution in [3.8, 4) is 5.75 Å². The third-order valence-corrected chi connectivity index (χ3v) is 2.25. The number of aryl methyl sites for hydroxylation is 1. The van der Waals surface area contributed by atoms with Crippen molar-refractivity contribution in [3.05, 3.63) is 29.3 Å². The molecule has 0 saturated heterocycles. The fraction of sp³-hybridized carbons (Fsp3) is 0.333. The smallest absolute Gasteiger partial charge is 0.115 e. The Morgan fingerprint density at radius 3 is 2.92 bits per heavy atom. The monoisotopic (exact) mass is 185 g/mol. The number of phenols is 1. The van der Waals surface area contributed by atoms with Gasteiger partial charge in [0.1, 0.15) is 5.75 Å². The van der Waals surface area contributed by atoms with Crippen molar-refractivity contribution < 1.29 is 5.11 Å². The third-order valence-electron chi connectivity index (χ3n) is 2.25. The van der Waals surface area contributed by atoms with Gasteiger partial charge in [-0.05, 0) is 36.1 Å². The number of phenolic OH excluding ortho intramolecular Hbond substituents is 1. The maximum Gasteiger partial charge on any atom is 0.115 e. The van der Waals surface area contributed by atoms with Gasteiger partial charge in [0.25, 0.3) is 0 Å². The second-order valence-corrected chi connectivity index (χ2v) is 3.03. The van der Waals surface area contributed by atoms with Crippen molar-refractivity contribution in [1.29, 1.82) is 0 Å². The number of halogens is 1. The molecule has 0 aromatic heterocycles. The lowest BCUT2D eigenvalue weighted by Gasteiger charge is -2.03. The van der Waals surface area contributed by atoms with Crippen LogP contribution in [-0.4, -0.2) is 5.11 Å². The highest BCUT2D eigenvalue weighted by Crippen LogP contribution is 2.31. The first-order chi connectivity index (χ1) is 5.27. The Kier molecular flexibility index (Phi) is 2.60. The summed E-state index contributed by atoms with van der Waals surface area (Å²) in [5.41, 5.74) is 8.22. The van der Waals surface area contributed by atoms with E-state index in [2.05, 4.69) is 0 Å². The summed E-state index contributed by atoms with van der Waals surface area (Å²) in [6, 6.07) is 5.61. The van der Waals surface area contributed by atoms with Crippen LogP contribution >= 0.6 is 12.4 Å². The summed E-state index contributed by atoms with van der Waals surface area (Å²) in [7, 11) is 0. The fourth-order valence-corrected chi connectivity index (χ4v) is 1.64. The third kappa shape index (κ3) is 1.40. The minimum absolute atomic E-state index is 0. The molecule has 2 nitrogen and oxygen atoms in total. The predicted octanol–water partition coefficient (Wildman–Crippen LogP) is 1.76. The molecule has 0 unspecified atom stereocenters. The maximum absolute atomic E-state index is 9.14. The lowest BCUT2D eigenvalue weighted by molar-refractivity contribution is 0.474. The predicted molar refractivity (Wildman–Crippen MR) is 50.6 cm³/mol. The molecule has 1 aliphatic rings. The summed E-state index contributed by atoms with van der Waals surface area (Å²) >= 11 is 0. The Labute approximate surface area is 77.8 Å². The standard InChI is InChI=1S/C9H11NO.ClH/c10-9-4-1-6-5-7(11)2-3-8(6)9;/h2-3,5,9,11H,1,4,10H2;1H/t9-;/m1./s1. The van der Waals surface area contributed by atoms with E-state index in [0.717, 1.165) is 12.8 Å². The van der Waals surface area contributed by atoms with E-state index in [0.29, 0.717) is 5.75 Å². The second-order valence-electron chi connectivity index (χ2n) is 3.03. The molecule has 1 aliphatic carbocycles. The summed E-state index contributed by atoms with van der Waals surface area (Å²) in [5, 5.41) is 9.14. The Hall–Kier alpha value is -0.730. The van der Waals surface area contributed by atoms with E-state index in [4.69, 9.17) is 10.8 Å². The van der Waals surface area contributed by atoms with Crippen molar-refractivity contribution in [2.24, 2.45) is 5.73 Å². The van der Waals surface area contributed by atoms with Gasteiger partial charge in [-0.25, -0.2) is 0 Å². The molecule has 12 heavy (non-hydrogen) atoms. The average Bonchev–Trinajstić information content (AvgIpc) is 2.32. The van der Waals surface area contributed by atoms with Gasteiger partial charge in [0.05, 0.1) is 0 Å². The molecular weight excluding hydrogens is 174 g/mol. The zero-order chi connectivity index (χ0) is 7.84. The van der Waals surface area contributed by atoms with Crippen molar-refractivity contribution in [3.63, 3.8) is 0 Å². The molecule has 3 heteroatoms. The van der Waals surface area contributed by atoms with Crippen LogP contribution in [0, 0.1) is 0 Å². The van der Waals surface area contributed by atoms with Gasteiger partial charge in [0, 0.05) is 6.04 Å². The molecule has 0 bridgehead atoms. The SMILES string of the molecule is Cl.N[C@@H]1CCc2cc(O)ccc21. The molecule has 3 N–H and O–H groups in total. The van der Waals surface area contributed by atoms with Crippen LogP contribution in [-0.2, 0) is 6.42 Å². The van der Waals surface area contributed by atoms with Crippen LogP contribution in [0.25, 0.3) is 0 Å². The second kappa shape index (κ2) is 3.33. The topological polar surface area (TPSA) is 46.2 Å². The van der Waals surface area contributed by atoms with Gasteiger partial charge in [0.2, 0.25) is 0 Å². The first-order valence-electron chi connectivity index (χ1n) is 3.85. The molecule has 2 rings (SSSR count). The summed E-state index contributed by atoms with van der Waals surface area (Å²) in [6.07, 6.45) is 2.02. The maximum atomic E-state index is 9.14. The first kappa shape index (κ1) is 9.36. The van der Waals surface area contributed by atoms with E-state index in [1.54, 1.807) is 6.07 Å². The Bertz CT molecular complexity index is 288. The number of fused-ring (bicyclic) bond motifs is 1. The minimum Gasteiger partial charge on any atom is -0.508 e. The quantitative estimate of drug-likeness (QED) is 0.647. The van der Waals surface area contributed by atoms with Crippen LogP contribution in [0.15, 0.2) is 18.2 Å². The molecule has 1 aromatic rings. The first-order valence-corrected chi connectivity index (χ1v) is 3.85. The number of hydrogen-bond donors (Lipinski definition) is 2. The average molecular weight is 186 g/mol. The zero-order valence-corrected chi connectivity index (χ0v) is 7.47. The van der Waals surface area contributed by atoms with Crippen LogP contribution in [0.3, 0.4) is 0 Å². The number of aromatic hydroxyl groups is 1. The van der Waals surface area contributed by atoms with E-state index in [9.17, 15) is 0 Å². The lowest BCUT2D eigenvalue weighted by atomic mass is 10.1. The van der Waals surface area contributed by atoms with Crippen LogP contribution in [0.1, 0.15) is 23.6 Å². The van der Waals surface area contributed by atoms with Gasteiger partial charge in [-0.3, -0.25) is 0 Å². The van der Waals surface area contributed by atoms with E-state index in [-0.39, 0.29) is 18.4 Å². The minimum atomic E-state index is 0. The van der Waals surface area contributed by atoms with Crippen LogP contribution in [0.4, 0.5) is 0 Å². The Balaban J connectivity index is 0.000000720. The zero-order valence-electron chi connectivity index (χ0n) is 6.66. The number of benzene rings is 1. The molecule has 0 heterocycles. The number of nitrogens with two attached hydrogens (primary N) is 1. The van der Waals surface area contributed by atoms with Crippen molar-refractivity contribution in [2.45, 2.75) is 18.9 Å². The van der Waals surface area contributed by atoms with E-state index >= 15 is 0 Å². The Morgan fingerprint density at radius 1 is 1.42 bits per heavy atom.